The molecule has 0 saturated heterocycles. The lowest BCUT2D eigenvalue weighted by Gasteiger charge is -2.17. The quantitative estimate of drug-likeness (QED) is 0.662. The number of aliphatic carboxylic acids is 1. The first-order valence-corrected chi connectivity index (χ1v) is 4.28. The molecule has 5 nitrogen and oxygen atoms in total. The van der Waals surface area contributed by atoms with Gasteiger partial charge < -0.3 is 5.11 Å². The second-order valence-electron chi connectivity index (χ2n) is 3.38. The highest BCUT2D eigenvalue weighted by atomic mass is 16.4. The highest BCUT2D eigenvalue weighted by molar-refractivity contribution is 5.70. The molecule has 0 amide bonds. The molecule has 70 valence electrons. The van der Waals surface area contributed by atoms with E-state index in [9.17, 15) is 4.79 Å². The topological polar surface area (TPSA) is 68.0 Å². The van der Waals surface area contributed by atoms with E-state index < -0.39 is 5.97 Å². The van der Waals surface area contributed by atoms with Crippen LogP contribution < -0.4 is 0 Å². The van der Waals surface area contributed by atoms with Crippen LogP contribution in [0.4, 0.5) is 0 Å². The van der Waals surface area contributed by atoms with Gasteiger partial charge in [-0.05, 0) is 12.8 Å². The lowest BCUT2D eigenvalue weighted by Crippen LogP contribution is -2.23. The summed E-state index contributed by atoms with van der Waals surface area (Å²) in [6, 6.07) is 0. The number of aryl methyl sites for hydroxylation is 2. The maximum absolute atomic E-state index is 10.7. The molecule has 1 aromatic heterocycles. The molecule has 2 rings (SSSR count). The Kier molecular flexibility index (Phi) is 1.79. The number of nitrogens with zero attached hydrogens (tertiary/aromatic N) is 3. The van der Waals surface area contributed by atoms with Gasteiger partial charge in [0.2, 0.25) is 0 Å². The maximum atomic E-state index is 10.7. The fourth-order valence-electron chi connectivity index (χ4n) is 1.72. The molecule has 5 heteroatoms. The average Bonchev–Trinajstić information content (AvgIpc) is 2.47. The molecular weight excluding hydrogens is 170 g/mol. The molecule has 13 heavy (non-hydrogen) atoms. The van der Waals surface area contributed by atoms with E-state index in [-0.39, 0.29) is 5.92 Å². The Labute approximate surface area is 75.4 Å². The van der Waals surface area contributed by atoms with E-state index in [1.54, 1.807) is 11.7 Å². The molecule has 1 heterocycles. The largest absolute Gasteiger partial charge is 0.481 e. The monoisotopic (exact) mass is 181 g/mol. The normalized spacial score (nSPS) is 21.2. The van der Waals surface area contributed by atoms with Crippen molar-refractivity contribution in [1.29, 1.82) is 0 Å². The molecule has 0 radical (unpaired) electrons. The van der Waals surface area contributed by atoms with E-state index in [1.165, 1.54) is 0 Å². The van der Waals surface area contributed by atoms with Crippen LogP contribution >= 0.6 is 0 Å². The molecular formula is C8H11N3O2. The van der Waals surface area contributed by atoms with Gasteiger partial charge in [0, 0.05) is 13.5 Å². The summed E-state index contributed by atoms with van der Waals surface area (Å²) in [7, 11) is 1.80. The third-order valence-electron chi connectivity index (χ3n) is 2.54. The van der Waals surface area contributed by atoms with Crippen LogP contribution in [0.2, 0.25) is 0 Å². The second kappa shape index (κ2) is 2.83. The van der Waals surface area contributed by atoms with Gasteiger partial charge in [-0.3, -0.25) is 9.48 Å². The molecule has 1 atom stereocenters. The number of hydrogen-bond donors (Lipinski definition) is 1. The van der Waals surface area contributed by atoms with Crippen LogP contribution in [0.25, 0.3) is 0 Å². The van der Waals surface area contributed by atoms with E-state index >= 15 is 0 Å². The minimum Gasteiger partial charge on any atom is -0.481 e. The van der Waals surface area contributed by atoms with Gasteiger partial charge in [0.1, 0.15) is 0 Å². The Morgan fingerprint density at radius 3 is 3.15 bits per heavy atom. The number of rotatable bonds is 1. The van der Waals surface area contributed by atoms with Gasteiger partial charge in [0.15, 0.2) is 0 Å². The van der Waals surface area contributed by atoms with E-state index in [4.69, 9.17) is 5.11 Å². The van der Waals surface area contributed by atoms with Crippen molar-refractivity contribution in [3.63, 3.8) is 0 Å². The summed E-state index contributed by atoms with van der Waals surface area (Å²) >= 11 is 0. The number of carboxylic acids is 1. The molecule has 1 aliphatic carbocycles. The Bertz CT molecular complexity index is 345. The van der Waals surface area contributed by atoms with Gasteiger partial charge in [-0.25, -0.2) is 0 Å². The lowest BCUT2D eigenvalue weighted by molar-refractivity contribution is -0.142. The molecule has 0 spiro atoms. The summed E-state index contributed by atoms with van der Waals surface area (Å²) in [5.41, 5.74) is 1.93. The first-order chi connectivity index (χ1) is 6.18. The molecule has 0 bridgehead atoms. The molecule has 1 N–H and O–H groups in total. The van der Waals surface area contributed by atoms with Crippen LogP contribution in [0.15, 0.2) is 0 Å². The third-order valence-corrected chi connectivity index (χ3v) is 2.54. The van der Waals surface area contributed by atoms with Gasteiger partial charge >= 0.3 is 5.97 Å². The van der Waals surface area contributed by atoms with Crippen molar-refractivity contribution < 1.29 is 9.90 Å². The maximum Gasteiger partial charge on any atom is 0.306 e. The number of carbonyl (C=O) groups is 1. The zero-order chi connectivity index (χ0) is 9.42. The average molecular weight is 181 g/mol. The highest BCUT2D eigenvalue weighted by Gasteiger charge is 2.27. The van der Waals surface area contributed by atoms with Crippen molar-refractivity contribution in [3.05, 3.63) is 11.4 Å². The second-order valence-corrected chi connectivity index (χ2v) is 3.38. The number of fused-ring (bicyclic) bond motifs is 1. The fourth-order valence-corrected chi connectivity index (χ4v) is 1.72. The Hall–Kier alpha value is -1.39. The van der Waals surface area contributed by atoms with Gasteiger partial charge in [-0.15, -0.1) is 5.10 Å². The van der Waals surface area contributed by atoms with E-state index in [0.717, 1.165) is 17.8 Å². The first-order valence-electron chi connectivity index (χ1n) is 4.28. The predicted octanol–water partition coefficient (Wildman–Crippen LogP) is 0.00460. The molecule has 0 saturated carbocycles. The van der Waals surface area contributed by atoms with Gasteiger partial charge in [-0.1, -0.05) is 5.21 Å². The third kappa shape index (κ3) is 1.30. The van der Waals surface area contributed by atoms with Crippen LogP contribution in [-0.4, -0.2) is 26.1 Å². The SMILES string of the molecule is Cn1nnc2c1C[C@H](C(=O)O)CC2. The van der Waals surface area contributed by atoms with Crippen LogP contribution in [0, 0.1) is 5.92 Å². The summed E-state index contributed by atoms with van der Waals surface area (Å²) in [6.07, 6.45) is 1.98. The zero-order valence-corrected chi connectivity index (χ0v) is 7.40. The van der Waals surface area contributed by atoms with Crippen molar-refractivity contribution in [3.8, 4) is 0 Å². The van der Waals surface area contributed by atoms with E-state index in [1.807, 2.05) is 0 Å². The molecule has 1 aliphatic rings. The predicted molar refractivity (Wildman–Crippen MR) is 44.2 cm³/mol. The van der Waals surface area contributed by atoms with Crippen molar-refractivity contribution in [2.45, 2.75) is 19.3 Å². The van der Waals surface area contributed by atoms with Crippen molar-refractivity contribution in [2.75, 3.05) is 0 Å². The number of hydrogen-bond acceptors (Lipinski definition) is 3. The lowest BCUT2D eigenvalue weighted by atomic mass is 9.90. The summed E-state index contributed by atoms with van der Waals surface area (Å²) in [5.74, 6) is -0.975. The summed E-state index contributed by atoms with van der Waals surface area (Å²) < 4.78 is 1.67. The number of carboxylic acid groups (broad SMARTS) is 1. The Morgan fingerprint density at radius 2 is 2.46 bits per heavy atom. The first kappa shape index (κ1) is 8.22. The van der Waals surface area contributed by atoms with Crippen LogP contribution in [0.5, 0.6) is 0 Å². The van der Waals surface area contributed by atoms with E-state index in [0.29, 0.717) is 12.8 Å². The smallest absolute Gasteiger partial charge is 0.306 e. The molecule has 0 aliphatic heterocycles. The highest BCUT2D eigenvalue weighted by Crippen LogP contribution is 2.23. The Balaban J connectivity index is 2.27. The molecule has 0 fully saturated rings. The fraction of sp³-hybridized carbons (Fsp3) is 0.625. The molecule has 0 unspecified atom stereocenters. The summed E-state index contributed by atoms with van der Waals surface area (Å²) in [5, 5.41) is 16.7. The van der Waals surface area contributed by atoms with Gasteiger partial charge in [0.25, 0.3) is 0 Å². The van der Waals surface area contributed by atoms with Gasteiger partial charge in [0.05, 0.1) is 17.3 Å². The summed E-state index contributed by atoms with van der Waals surface area (Å²) in [4.78, 5) is 10.7. The van der Waals surface area contributed by atoms with Crippen LogP contribution in [-0.2, 0) is 24.7 Å². The minimum atomic E-state index is -0.716. The van der Waals surface area contributed by atoms with Crippen LogP contribution in [0.3, 0.4) is 0 Å². The van der Waals surface area contributed by atoms with Gasteiger partial charge in [-0.2, -0.15) is 0 Å². The van der Waals surface area contributed by atoms with Crippen LogP contribution in [0.1, 0.15) is 17.8 Å². The standard InChI is InChI=1S/C8H11N3O2/c1-11-7-4-5(8(12)13)2-3-6(7)9-10-11/h5H,2-4H2,1H3,(H,12,13)/t5-/m1/s1. The Morgan fingerprint density at radius 1 is 1.69 bits per heavy atom. The van der Waals surface area contributed by atoms with Crippen molar-refractivity contribution >= 4 is 5.97 Å². The van der Waals surface area contributed by atoms with Crippen molar-refractivity contribution in [2.24, 2.45) is 13.0 Å². The van der Waals surface area contributed by atoms with E-state index in [2.05, 4.69) is 10.3 Å². The molecule has 1 aromatic rings. The number of aromatic nitrogens is 3. The molecule has 0 aromatic carbocycles. The van der Waals surface area contributed by atoms with Crippen molar-refractivity contribution in [1.82, 2.24) is 15.0 Å². The summed E-state index contributed by atoms with van der Waals surface area (Å²) in [6.45, 7) is 0. The minimum absolute atomic E-state index is 0.260. The zero-order valence-electron chi connectivity index (χ0n) is 7.40.